The Morgan fingerprint density at radius 1 is 1.40 bits per heavy atom. The number of likely N-dealkylation sites (tertiary alicyclic amines) is 1. The molecule has 0 aliphatic carbocycles. The molecule has 0 aromatic rings. The van der Waals surface area contributed by atoms with Gasteiger partial charge >= 0.3 is 18.0 Å². The van der Waals surface area contributed by atoms with E-state index >= 15 is 0 Å². The van der Waals surface area contributed by atoms with Gasteiger partial charge in [-0.2, -0.15) is 0 Å². The van der Waals surface area contributed by atoms with Crippen molar-refractivity contribution in [1.82, 2.24) is 10.2 Å². The standard InChI is InChI=1S/C12H20N2O6/c1-20-11(18)8-4-2-3-7-14(8)12(19)13-6-5-9(15)10(16)17/h8-9,15H,2-7H2,1H3,(H,13,19)(H,16,17). The highest BCUT2D eigenvalue weighted by molar-refractivity contribution is 5.83. The fourth-order valence-electron chi connectivity index (χ4n) is 2.10. The third-order valence-corrected chi connectivity index (χ3v) is 3.22. The van der Waals surface area contributed by atoms with Crippen molar-refractivity contribution in [1.29, 1.82) is 0 Å². The number of amides is 2. The maximum Gasteiger partial charge on any atom is 0.332 e. The number of aliphatic carboxylic acids is 1. The van der Waals surface area contributed by atoms with Crippen molar-refractivity contribution in [2.45, 2.75) is 37.8 Å². The zero-order chi connectivity index (χ0) is 15.1. The first-order valence-electron chi connectivity index (χ1n) is 6.50. The highest BCUT2D eigenvalue weighted by atomic mass is 16.5. The molecule has 0 aromatic heterocycles. The second kappa shape index (κ2) is 7.68. The van der Waals surface area contributed by atoms with Gasteiger partial charge in [-0.15, -0.1) is 0 Å². The van der Waals surface area contributed by atoms with Gasteiger partial charge < -0.3 is 25.2 Å². The molecule has 1 fully saturated rings. The number of aliphatic hydroxyl groups excluding tert-OH is 1. The number of ether oxygens (including phenoxy) is 1. The largest absolute Gasteiger partial charge is 0.479 e. The number of carboxylic acids is 1. The van der Waals surface area contributed by atoms with E-state index in [9.17, 15) is 14.4 Å². The number of nitrogens with one attached hydrogen (secondary N) is 1. The number of rotatable bonds is 5. The monoisotopic (exact) mass is 288 g/mol. The minimum atomic E-state index is -1.51. The fraction of sp³-hybridized carbons (Fsp3) is 0.750. The van der Waals surface area contributed by atoms with E-state index in [1.54, 1.807) is 0 Å². The Morgan fingerprint density at radius 2 is 2.10 bits per heavy atom. The van der Waals surface area contributed by atoms with Crippen LogP contribution in [0.4, 0.5) is 4.79 Å². The second-order valence-electron chi connectivity index (χ2n) is 4.60. The summed E-state index contributed by atoms with van der Waals surface area (Å²) in [4.78, 5) is 35.4. The molecule has 114 valence electrons. The summed E-state index contributed by atoms with van der Waals surface area (Å²) in [7, 11) is 1.27. The predicted molar refractivity (Wildman–Crippen MR) is 68.0 cm³/mol. The third kappa shape index (κ3) is 4.37. The van der Waals surface area contributed by atoms with Gasteiger partial charge in [0.2, 0.25) is 0 Å². The van der Waals surface area contributed by atoms with Crippen LogP contribution in [-0.4, -0.2) is 65.4 Å². The lowest BCUT2D eigenvalue weighted by Gasteiger charge is -2.33. The van der Waals surface area contributed by atoms with Gasteiger partial charge in [-0.1, -0.05) is 0 Å². The number of urea groups is 1. The van der Waals surface area contributed by atoms with Gasteiger partial charge in [0.25, 0.3) is 0 Å². The lowest BCUT2D eigenvalue weighted by Crippen LogP contribution is -2.52. The molecule has 0 radical (unpaired) electrons. The van der Waals surface area contributed by atoms with E-state index in [-0.39, 0.29) is 13.0 Å². The van der Waals surface area contributed by atoms with E-state index < -0.39 is 30.1 Å². The molecule has 3 N–H and O–H groups in total. The Balaban J connectivity index is 2.47. The van der Waals surface area contributed by atoms with Crippen LogP contribution in [0.3, 0.4) is 0 Å². The Morgan fingerprint density at radius 3 is 2.70 bits per heavy atom. The summed E-state index contributed by atoms with van der Waals surface area (Å²) in [5.41, 5.74) is 0. The van der Waals surface area contributed by atoms with Gasteiger partial charge in [-0.3, -0.25) is 0 Å². The molecule has 8 nitrogen and oxygen atoms in total. The van der Waals surface area contributed by atoms with Crippen LogP contribution < -0.4 is 5.32 Å². The van der Waals surface area contributed by atoms with Crippen LogP contribution in [0.25, 0.3) is 0 Å². The molecule has 2 amide bonds. The van der Waals surface area contributed by atoms with E-state index in [1.807, 2.05) is 0 Å². The highest BCUT2D eigenvalue weighted by Gasteiger charge is 2.32. The molecule has 8 heteroatoms. The van der Waals surface area contributed by atoms with Gasteiger partial charge in [0.15, 0.2) is 6.10 Å². The molecule has 1 aliphatic heterocycles. The lowest BCUT2D eigenvalue weighted by atomic mass is 10.0. The van der Waals surface area contributed by atoms with E-state index in [1.165, 1.54) is 12.0 Å². The SMILES string of the molecule is COC(=O)C1CCCCN1C(=O)NCCC(O)C(=O)O. The van der Waals surface area contributed by atoms with Gasteiger partial charge in [-0.05, 0) is 19.3 Å². The number of carboxylic acid groups (broad SMARTS) is 1. The van der Waals surface area contributed by atoms with Crippen LogP contribution in [0.5, 0.6) is 0 Å². The maximum absolute atomic E-state index is 12.0. The number of esters is 1. The molecule has 0 saturated carbocycles. The minimum absolute atomic E-state index is 0.0245. The fourth-order valence-corrected chi connectivity index (χ4v) is 2.10. The first kappa shape index (κ1) is 16.2. The van der Waals surface area contributed by atoms with Crippen molar-refractivity contribution in [3.8, 4) is 0 Å². The maximum atomic E-state index is 12.0. The molecule has 1 aliphatic rings. The van der Waals surface area contributed by atoms with E-state index in [0.29, 0.717) is 13.0 Å². The molecule has 1 rings (SSSR count). The third-order valence-electron chi connectivity index (χ3n) is 3.22. The van der Waals surface area contributed by atoms with E-state index in [4.69, 9.17) is 10.2 Å². The number of carbonyl (C=O) groups is 3. The minimum Gasteiger partial charge on any atom is -0.479 e. The van der Waals surface area contributed by atoms with Crippen LogP contribution in [0.2, 0.25) is 0 Å². The molecular formula is C12H20N2O6. The lowest BCUT2D eigenvalue weighted by molar-refractivity contribution is -0.147. The highest BCUT2D eigenvalue weighted by Crippen LogP contribution is 2.18. The zero-order valence-corrected chi connectivity index (χ0v) is 11.4. The van der Waals surface area contributed by atoms with Gasteiger partial charge in [0, 0.05) is 19.5 Å². The van der Waals surface area contributed by atoms with Crippen LogP contribution in [0, 0.1) is 0 Å². The summed E-state index contributed by atoms with van der Waals surface area (Å²) in [6.07, 6.45) is 0.614. The number of nitrogens with zero attached hydrogens (tertiary/aromatic N) is 1. The number of hydrogen-bond acceptors (Lipinski definition) is 5. The predicted octanol–water partition coefficient (Wildman–Crippen LogP) is -0.441. The Kier molecular flexibility index (Phi) is 6.23. The zero-order valence-electron chi connectivity index (χ0n) is 11.4. The number of carbonyl (C=O) groups excluding carboxylic acids is 2. The molecule has 2 atom stereocenters. The summed E-state index contributed by atoms with van der Waals surface area (Å²) < 4.78 is 4.67. The first-order chi connectivity index (χ1) is 9.47. The van der Waals surface area contributed by atoms with Crippen molar-refractivity contribution in [2.24, 2.45) is 0 Å². The Labute approximate surface area is 116 Å². The summed E-state index contributed by atoms with van der Waals surface area (Å²) in [5.74, 6) is -1.78. The molecule has 1 heterocycles. The van der Waals surface area contributed by atoms with Gasteiger partial charge in [0.05, 0.1) is 7.11 Å². The molecule has 2 unspecified atom stereocenters. The number of aliphatic hydroxyl groups is 1. The average Bonchev–Trinajstić information content (AvgIpc) is 2.45. The van der Waals surface area contributed by atoms with Crippen molar-refractivity contribution in [3.05, 3.63) is 0 Å². The van der Waals surface area contributed by atoms with Gasteiger partial charge in [0.1, 0.15) is 6.04 Å². The molecule has 20 heavy (non-hydrogen) atoms. The molecule has 0 bridgehead atoms. The van der Waals surface area contributed by atoms with Crippen molar-refractivity contribution in [3.63, 3.8) is 0 Å². The van der Waals surface area contributed by atoms with Crippen LogP contribution in [0.1, 0.15) is 25.7 Å². The smallest absolute Gasteiger partial charge is 0.332 e. The van der Waals surface area contributed by atoms with E-state index in [2.05, 4.69) is 10.1 Å². The second-order valence-corrected chi connectivity index (χ2v) is 4.60. The Hall–Kier alpha value is -1.83. The number of piperidine rings is 1. The van der Waals surface area contributed by atoms with Crippen LogP contribution in [0.15, 0.2) is 0 Å². The molecule has 0 aromatic carbocycles. The molecule has 0 spiro atoms. The normalized spacial score (nSPS) is 20.1. The quantitative estimate of drug-likeness (QED) is 0.590. The summed E-state index contributed by atoms with van der Waals surface area (Å²) in [6, 6.07) is -1.05. The number of methoxy groups -OCH3 is 1. The average molecular weight is 288 g/mol. The molecular weight excluding hydrogens is 268 g/mol. The van der Waals surface area contributed by atoms with Crippen molar-refractivity contribution < 1.29 is 29.3 Å². The summed E-state index contributed by atoms with van der Waals surface area (Å²) in [6.45, 7) is 0.476. The van der Waals surface area contributed by atoms with Gasteiger partial charge in [-0.25, -0.2) is 14.4 Å². The Bertz CT molecular complexity index is 373. The topological polar surface area (TPSA) is 116 Å². The van der Waals surface area contributed by atoms with Crippen LogP contribution in [-0.2, 0) is 14.3 Å². The van der Waals surface area contributed by atoms with Crippen molar-refractivity contribution in [2.75, 3.05) is 20.2 Å². The first-order valence-corrected chi connectivity index (χ1v) is 6.50. The summed E-state index contributed by atoms with van der Waals surface area (Å²) in [5, 5.41) is 20.1. The number of hydrogen-bond donors (Lipinski definition) is 3. The van der Waals surface area contributed by atoms with Crippen molar-refractivity contribution >= 4 is 18.0 Å². The van der Waals surface area contributed by atoms with Crippen LogP contribution >= 0.6 is 0 Å². The van der Waals surface area contributed by atoms with E-state index in [0.717, 1.165) is 12.8 Å². The summed E-state index contributed by atoms with van der Waals surface area (Å²) >= 11 is 0. The molecule has 1 saturated heterocycles.